The van der Waals surface area contributed by atoms with Crippen LogP contribution >= 0.6 is 23.4 Å². The third kappa shape index (κ3) is 6.83. The Kier molecular flexibility index (Phi) is 8.49. The summed E-state index contributed by atoms with van der Waals surface area (Å²) in [4.78, 5) is 12.2. The molecule has 0 saturated carbocycles. The smallest absolute Gasteiger partial charge is 0.230 e. The Labute approximate surface area is 189 Å². The minimum Gasteiger partial charge on any atom is -0.486 e. The van der Waals surface area contributed by atoms with Gasteiger partial charge in [-0.3, -0.25) is 9.36 Å². The Morgan fingerprint density at radius 1 is 1.26 bits per heavy atom. The second-order valence-electron chi connectivity index (χ2n) is 6.54. The average molecular weight is 461 g/mol. The van der Waals surface area contributed by atoms with E-state index in [0.29, 0.717) is 29.8 Å². The number of benzene rings is 2. The number of aromatic nitrogens is 3. The number of rotatable bonds is 11. The van der Waals surface area contributed by atoms with Gasteiger partial charge >= 0.3 is 0 Å². The molecule has 1 N–H and O–H groups in total. The zero-order chi connectivity index (χ0) is 22.1. The molecule has 0 radical (unpaired) electrons. The zero-order valence-electron chi connectivity index (χ0n) is 16.8. The summed E-state index contributed by atoms with van der Waals surface area (Å²) in [7, 11) is 0. The summed E-state index contributed by atoms with van der Waals surface area (Å²) in [6.45, 7) is 4.91. The monoisotopic (exact) mass is 460 g/mol. The van der Waals surface area contributed by atoms with Crippen LogP contribution in [0.4, 0.5) is 4.39 Å². The quantitative estimate of drug-likeness (QED) is 0.341. The van der Waals surface area contributed by atoms with E-state index in [0.717, 1.165) is 6.42 Å². The first-order valence-electron chi connectivity index (χ1n) is 9.61. The summed E-state index contributed by atoms with van der Waals surface area (Å²) in [6, 6.07) is 14.1. The van der Waals surface area contributed by atoms with Gasteiger partial charge in [-0.2, -0.15) is 0 Å². The number of thioether (sulfide) groups is 1. The molecule has 3 rings (SSSR count). The fourth-order valence-electron chi connectivity index (χ4n) is 2.73. The highest BCUT2D eigenvalue weighted by Crippen LogP contribution is 2.23. The standard InChI is InChI=1S/C22H22ClFN4O2S/c1-2-12-28-20(14-30-17-8-9-19(24)18(23)13-17)26-27-22(28)31-15-21(29)25-11-10-16-6-4-3-5-7-16/h2-9,13H,1,10-12,14-15H2,(H,25,29). The van der Waals surface area contributed by atoms with E-state index in [9.17, 15) is 9.18 Å². The second-order valence-corrected chi connectivity index (χ2v) is 7.89. The summed E-state index contributed by atoms with van der Waals surface area (Å²) < 4.78 is 20.8. The molecule has 0 unspecified atom stereocenters. The molecule has 1 amide bonds. The minimum atomic E-state index is -0.510. The first-order valence-corrected chi connectivity index (χ1v) is 11.0. The van der Waals surface area contributed by atoms with E-state index >= 15 is 0 Å². The van der Waals surface area contributed by atoms with E-state index in [-0.39, 0.29) is 23.3 Å². The lowest BCUT2D eigenvalue weighted by Gasteiger charge is -2.10. The van der Waals surface area contributed by atoms with Gasteiger partial charge in [0.25, 0.3) is 0 Å². The molecular weight excluding hydrogens is 439 g/mol. The van der Waals surface area contributed by atoms with Crippen LogP contribution in [-0.2, 0) is 24.4 Å². The Bertz CT molecular complexity index is 1030. The SMILES string of the molecule is C=CCn1c(COc2ccc(F)c(Cl)c2)nnc1SCC(=O)NCCc1ccccc1. The molecule has 0 spiro atoms. The fourth-order valence-corrected chi connectivity index (χ4v) is 3.70. The summed E-state index contributed by atoms with van der Waals surface area (Å²) in [6.07, 6.45) is 2.49. The number of carbonyl (C=O) groups is 1. The van der Waals surface area contributed by atoms with Gasteiger partial charge < -0.3 is 10.1 Å². The van der Waals surface area contributed by atoms with Crippen molar-refractivity contribution in [3.05, 3.63) is 83.4 Å². The molecule has 0 bridgehead atoms. The Morgan fingerprint density at radius 2 is 2.06 bits per heavy atom. The maximum absolute atomic E-state index is 13.3. The van der Waals surface area contributed by atoms with Crippen LogP contribution in [0.15, 0.2) is 66.3 Å². The summed E-state index contributed by atoms with van der Waals surface area (Å²) in [5, 5.41) is 11.8. The van der Waals surface area contributed by atoms with E-state index in [1.54, 1.807) is 6.08 Å². The molecule has 0 aliphatic rings. The predicted octanol–water partition coefficient (Wildman–Crippen LogP) is 4.29. The maximum Gasteiger partial charge on any atom is 0.230 e. The summed E-state index contributed by atoms with van der Waals surface area (Å²) >= 11 is 7.07. The number of allylic oxidation sites excluding steroid dienone is 1. The van der Waals surface area contributed by atoms with Gasteiger partial charge in [0.2, 0.25) is 5.91 Å². The largest absolute Gasteiger partial charge is 0.486 e. The highest BCUT2D eigenvalue weighted by atomic mass is 35.5. The number of amides is 1. The van der Waals surface area contributed by atoms with Gasteiger partial charge in [-0.15, -0.1) is 16.8 Å². The molecular formula is C22H22ClFN4O2S. The van der Waals surface area contributed by atoms with E-state index in [1.807, 2.05) is 34.9 Å². The van der Waals surface area contributed by atoms with Crippen LogP contribution in [0.5, 0.6) is 5.75 Å². The van der Waals surface area contributed by atoms with Crippen LogP contribution in [0.25, 0.3) is 0 Å². The number of hydrogen-bond acceptors (Lipinski definition) is 5. The van der Waals surface area contributed by atoms with E-state index in [1.165, 1.54) is 35.5 Å². The Hall–Kier alpha value is -2.84. The van der Waals surface area contributed by atoms with Crippen molar-refractivity contribution in [2.24, 2.45) is 0 Å². The Morgan fingerprint density at radius 3 is 2.81 bits per heavy atom. The van der Waals surface area contributed by atoms with Gasteiger partial charge in [-0.25, -0.2) is 4.39 Å². The highest BCUT2D eigenvalue weighted by Gasteiger charge is 2.14. The molecule has 0 aliphatic carbocycles. The maximum atomic E-state index is 13.3. The van der Waals surface area contributed by atoms with Gasteiger partial charge in [0.1, 0.15) is 18.2 Å². The molecule has 1 heterocycles. The predicted molar refractivity (Wildman–Crippen MR) is 120 cm³/mol. The highest BCUT2D eigenvalue weighted by molar-refractivity contribution is 7.99. The van der Waals surface area contributed by atoms with Crippen LogP contribution < -0.4 is 10.1 Å². The van der Waals surface area contributed by atoms with Gasteiger partial charge in [0, 0.05) is 19.2 Å². The average Bonchev–Trinajstić information content (AvgIpc) is 3.16. The zero-order valence-corrected chi connectivity index (χ0v) is 18.3. The number of carbonyl (C=O) groups excluding carboxylic acids is 1. The lowest BCUT2D eigenvalue weighted by molar-refractivity contribution is -0.118. The van der Waals surface area contributed by atoms with Crippen LogP contribution in [0.1, 0.15) is 11.4 Å². The molecule has 2 aromatic carbocycles. The summed E-state index contributed by atoms with van der Waals surface area (Å²) in [5.74, 6) is 0.620. The first kappa shape index (κ1) is 22.8. The van der Waals surface area contributed by atoms with Crippen molar-refractivity contribution in [1.82, 2.24) is 20.1 Å². The topological polar surface area (TPSA) is 69.0 Å². The van der Waals surface area contributed by atoms with Gasteiger partial charge in [-0.05, 0) is 24.1 Å². The lowest BCUT2D eigenvalue weighted by atomic mass is 10.1. The van der Waals surface area contributed by atoms with Crippen molar-refractivity contribution in [2.45, 2.75) is 24.7 Å². The second kappa shape index (κ2) is 11.5. The third-order valence-electron chi connectivity index (χ3n) is 4.28. The molecule has 9 heteroatoms. The van der Waals surface area contributed by atoms with Crippen molar-refractivity contribution < 1.29 is 13.9 Å². The molecule has 162 valence electrons. The van der Waals surface area contributed by atoms with Crippen LogP contribution in [0.2, 0.25) is 5.02 Å². The fraction of sp³-hybridized carbons (Fsp3) is 0.227. The van der Waals surface area contributed by atoms with Crippen LogP contribution in [-0.4, -0.2) is 33.0 Å². The van der Waals surface area contributed by atoms with Crippen molar-refractivity contribution >= 4 is 29.3 Å². The number of nitrogens with one attached hydrogen (secondary N) is 1. The minimum absolute atomic E-state index is 0.0143. The molecule has 0 atom stereocenters. The lowest BCUT2D eigenvalue weighted by Crippen LogP contribution is -2.27. The van der Waals surface area contributed by atoms with Gasteiger partial charge in [0.05, 0.1) is 10.8 Å². The number of halogens is 2. The van der Waals surface area contributed by atoms with Crippen molar-refractivity contribution in [3.8, 4) is 5.75 Å². The molecule has 0 aliphatic heterocycles. The molecule has 6 nitrogen and oxygen atoms in total. The van der Waals surface area contributed by atoms with Crippen molar-refractivity contribution in [1.29, 1.82) is 0 Å². The number of hydrogen-bond donors (Lipinski definition) is 1. The number of ether oxygens (including phenoxy) is 1. The van der Waals surface area contributed by atoms with Crippen LogP contribution in [0, 0.1) is 5.82 Å². The molecule has 0 fully saturated rings. The third-order valence-corrected chi connectivity index (χ3v) is 5.53. The molecule has 31 heavy (non-hydrogen) atoms. The van der Waals surface area contributed by atoms with E-state index in [2.05, 4.69) is 22.1 Å². The Balaban J connectivity index is 1.52. The van der Waals surface area contributed by atoms with Crippen LogP contribution in [0.3, 0.4) is 0 Å². The van der Waals surface area contributed by atoms with Crippen molar-refractivity contribution in [2.75, 3.05) is 12.3 Å². The van der Waals surface area contributed by atoms with E-state index in [4.69, 9.17) is 16.3 Å². The molecule has 0 saturated heterocycles. The molecule has 1 aromatic heterocycles. The number of nitrogens with zero attached hydrogens (tertiary/aromatic N) is 3. The van der Waals surface area contributed by atoms with E-state index < -0.39 is 5.82 Å². The normalized spacial score (nSPS) is 10.6. The molecule has 3 aromatic rings. The first-order chi connectivity index (χ1) is 15.1. The van der Waals surface area contributed by atoms with Crippen molar-refractivity contribution in [3.63, 3.8) is 0 Å². The summed E-state index contributed by atoms with van der Waals surface area (Å²) in [5.41, 5.74) is 1.17. The van der Waals surface area contributed by atoms with Gasteiger partial charge in [0.15, 0.2) is 11.0 Å². The van der Waals surface area contributed by atoms with Gasteiger partial charge in [-0.1, -0.05) is 59.8 Å².